The average molecular weight is 515 g/mol. The van der Waals surface area contributed by atoms with Crippen molar-refractivity contribution in [1.82, 2.24) is 9.47 Å². The van der Waals surface area contributed by atoms with Crippen molar-refractivity contribution in [2.45, 2.75) is 91.5 Å². The number of thioether (sulfide) groups is 1. The van der Waals surface area contributed by atoms with Gasteiger partial charge >= 0.3 is 0 Å². The predicted octanol–water partition coefficient (Wildman–Crippen LogP) is 5.99. The highest BCUT2D eigenvalue weighted by molar-refractivity contribution is 8.26. The Morgan fingerprint density at radius 1 is 1.00 bits per heavy atom. The van der Waals surface area contributed by atoms with Crippen LogP contribution in [0.3, 0.4) is 0 Å². The molecule has 0 atom stereocenters. The van der Waals surface area contributed by atoms with Gasteiger partial charge in [-0.3, -0.25) is 19.1 Å². The van der Waals surface area contributed by atoms with Gasteiger partial charge in [0.05, 0.1) is 4.91 Å². The summed E-state index contributed by atoms with van der Waals surface area (Å²) < 4.78 is 2.34. The van der Waals surface area contributed by atoms with Crippen LogP contribution in [0.2, 0.25) is 0 Å². The van der Waals surface area contributed by atoms with Crippen LogP contribution in [0.5, 0.6) is 0 Å². The fourth-order valence-corrected chi connectivity index (χ4v) is 6.19. The fraction of sp³-hybridized carbons (Fsp3) is 0.630. The Labute approximate surface area is 219 Å². The van der Waals surface area contributed by atoms with Gasteiger partial charge < -0.3 is 4.90 Å². The quantitative estimate of drug-likeness (QED) is 0.205. The van der Waals surface area contributed by atoms with Crippen LogP contribution in [-0.2, 0) is 11.3 Å². The smallest absolute Gasteiger partial charge is 0.270 e. The van der Waals surface area contributed by atoms with E-state index in [4.69, 9.17) is 12.2 Å². The van der Waals surface area contributed by atoms with Crippen molar-refractivity contribution < 1.29 is 4.79 Å². The summed E-state index contributed by atoms with van der Waals surface area (Å²) >= 11 is 6.90. The first-order valence-corrected chi connectivity index (χ1v) is 14.3. The summed E-state index contributed by atoms with van der Waals surface area (Å²) in [6, 6.07) is 2.13. The fourth-order valence-electron chi connectivity index (χ4n) is 4.90. The van der Waals surface area contributed by atoms with Crippen LogP contribution in [0, 0.1) is 18.3 Å². The molecular formula is C27H38N4O2S2. The number of thiocarbonyl (C=S) groups is 1. The van der Waals surface area contributed by atoms with E-state index in [1.807, 2.05) is 19.9 Å². The summed E-state index contributed by atoms with van der Waals surface area (Å²) in [5.41, 5.74) is 1.37. The van der Waals surface area contributed by atoms with Gasteiger partial charge in [0.1, 0.15) is 21.8 Å². The molecule has 35 heavy (non-hydrogen) atoms. The first-order chi connectivity index (χ1) is 16.9. The number of pyridine rings is 1. The molecule has 1 amide bonds. The molecule has 1 aromatic heterocycles. The number of carbonyl (C=O) groups is 1. The molecule has 6 nitrogen and oxygen atoms in total. The van der Waals surface area contributed by atoms with E-state index in [9.17, 15) is 14.9 Å². The van der Waals surface area contributed by atoms with Crippen LogP contribution in [-0.4, -0.2) is 39.3 Å². The molecule has 0 N–H and O–H groups in total. The molecule has 0 unspecified atom stereocenters. The van der Waals surface area contributed by atoms with Crippen LogP contribution in [0.1, 0.15) is 94.7 Å². The number of nitrogens with zero attached hydrogens (tertiary/aromatic N) is 4. The van der Waals surface area contributed by atoms with E-state index in [0.29, 0.717) is 27.9 Å². The maximum atomic E-state index is 13.3. The topological polar surface area (TPSA) is 69.3 Å². The molecule has 0 saturated carbocycles. The number of aromatic nitrogens is 1. The van der Waals surface area contributed by atoms with Crippen molar-refractivity contribution >= 4 is 46.1 Å². The molecule has 0 aliphatic carbocycles. The molecule has 8 heteroatoms. The normalized spacial score (nSPS) is 17.5. The maximum absolute atomic E-state index is 13.3. The second kappa shape index (κ2) is 13.3. The van der Waals surface area contributed by atoms with Crippen LogP contribution in [0.4, 0.5) is 5.82 Å². The highest BCUT2D eigenvalue weighted by Gasteiger charge is 2.33. The first-order valence-electron chi connectivity index (χ1n) is 13.1. The summed E-state index contributed by atoms with van der Waals surface area (Å²) in [5, 5.41) is 9.79. The predicted molar refractivity (Wildman–Crippen MR) is 150 cm³/mol. The van der Waals surface area contributed by atoms with Crippen molar-refractivity contribution in [3.8, 4) is 6.07 Å². The number of nitriles is 1. The molecule has 1 aromatic rings. The molecule has 3 heterocycles. The number of hydrogen-bond acceptors (Lipinski definition) is 6. The lowest BCUT2D eigenvalue weighted by atomic mass is 10.0. The minimum atomic E-state index is -0.236. The van der Waals surface area contributed by atoms with Crippen molar-refractivity contribution in [3.05, 3.63) is 31.9 Å². The van der Waals surface area contributed by atoms with E-state index in [1.54, 1.807) is 9.47 Å². The number of carbonyl (C=O) groups excluding carboxylic acids is 1. The molecule has 0 aromatic carbocycles. The lowest BCUT2D eigenvalue weighted by molar-refractivity contribution is -0.122. The number of hydrogen-bond donors (Lipinski definition) is 0. The zero-order valence-electron chi connectivity index (χ0n) is 21.4. The third kappa shape index (κ3) is 6.37. The molecular weight excluding hydrogens is 476 g/mol. The minimum absolute atomic E-state index is 0.0655. The van der Waals surface area contributed by atoms with E-state index in [2.05, 4.69) is 17.9 Å². The molecule has 190 valence electrons. The van der Waals surface area contributed by atoms with Crippen molar-refractivity contribution in [3.63, 3.8) is 0 Å². The van der Waals surface area contributed by atoms with Crippen LogP contribution in [0.15, 0.2) is 9.70 Å². The average Bonchev–Trinajstić information content (AvgIpc) is 3.12. The van der Waals surface area contributed by atoms with E-state index in [0.717, 1.165) is 56.6 Å². The van der Waals surface area contributed by atoms with Gasteiger partial charge in [-0.1, -0.05) is 69.9 Å². The summed E-state index contributed by atoms with van der Waals surface area (Å²) in [4.78, 5) is 31.1. The summed E-state index contributed by atoms with van der Waals surface area (Å²) in [6.07, 6.45) is 12.9. The van der Waals surface area contributed by atoms with Crippen LogP contribution in [0.25, 0.3) is 6.08 Å². The van der Waals surface area contributed by atoms with E-state index in [1.165, 1.54) is 43.9 Å². The summed E-state index contributed by atoms with van der Waals surface area (Å²) in [5.74, 6) is 0.776. The minimum Gasteiger partial charge on any atom is -0.357 e. The highest BCUT2D eigenvalue weighted by Crippen LogP contribution is 2.36. The number of piperidine rings is 1. The van der Waals surface area contributed by atoms with Crippen molar-refractivity contribution in [2.75, 3.05) is 24.5 Å². The SMILES string of the molecule is CCCCCCCCN1C(=O)/C(=C/c2c(C)c(C#N)c(=O)n(CCC)c2N2CCCCC2)SC1=S. The highest BCUT2D eigenvalue weighted by atomic mass is 32.2. The van der Waals surface area contributed by atoms with E-state index >= 15 is 0 Å². The molecule has 2 fully saturated rings. The second-order valence-electron chi connectivity index (χ2n) is 9.45. The molecule has 0 bridgehead atoms. The molecule has 2 aliphatic heterocycles. The monoisotopic (exact) mass is 514 g/mol. The van der Waals surface area contributed by atoms with Gasteiger partial charge in [0.2, 0.25) is 0 Å². The first kappa shape index (κ1) is 27.5. The van der Waals surface area contributed by atoms with Crippen molar-refractivity contribution in [1.29, 1.82) is 5.26 Å². The Balaban J connectivity index is 1.96. The molecule has 0 radical (unpaired) electrons. The second-order valence-corrected chi connectivity index (χ2v) is 11.1. The number of anilines is 1. The van der Waals surface area contributed by atoms with Gasteiger partial charge in [0.15, 0.2) is 0 Å². The Hall–Kier alpha value is -2.11. The van der Waals surface area contributed by atoms with Gasteiger partial charge in [0.25, 0.3) is 11.5 Å². The standard InChI is InChI=1S/C27H38N4O2S2/c1-4-6-7-8-9-13-17-31-26(33)23(35-27(31)34)18-21-20(3)22(19-28)25(32)30(14-5-2)24(21)29-15-11-10-12-16-29/h18H,4-17H2,1-3H3/b23-18-. The third-order valence-electron chi connectivity index (χ3n) is 6.83. The van der Waals surface area contributed by atoms with Gasteiger partial charge in [-0.05, 0) is 50.7 Å². The Kier molecular flexibility index (Phi) is 10.4. The molecule has 2 saturated heterocycles. The Morgan fingerprint density at radius 2 is 1.69 bits per heavy atom. The van der Waals surface area contributed by atoms with Gasteiger partial charge in [-0.25, -0.2) is 0 Å². The van der Waals surface area contributed by atoms with Gasteiger partial charge in [0, 0.05) is 31.7 Å². The van der Waals surface area contributed by atoms with Crippen LogP contribution < -0.4 is 10.5 Å². The number of rotatable bonds is 11. The maximum Gasteiger partial charge on any atom is 0.270 e. The summed E-state index contributed by atoms with van der Waals surface area (Å²) in [7, 11) is 0. The Morgan fingerprint density at radius 3 is 2.34 bits per heavy atom. The van der Waals surface area contributed by atoms with Crippen molar-refractivity contribution in [2.24, 2.45) is 0 Å². The third-order valence-corrected chi connectivity index (χ3v) is 8.21. The largest absolute Gasteiger partial charge is 0.357 e. The van der Waals surface area contributed by atoms with Crippen LogP contribution >= 0.6 is 24.0 Å². The zero-order valence-corrected chi connectivity index (χ0v) is 23.0. The molecule has 2 aliphatic rings. The van der Waals surface area contributed by atoms with Gasteiger partial charge in [-0.2, -0.15) is 5.26 Å². The number of unbranched alkanes of at least 4 members (excludes halogenated alkanes) is 5. The zero-order chi connectivity index (χ0) is 25.4. The lowest BCUT2D eigenvalue weighted by Crippen LogP contribution is -2.37. The Bertz CT molecular complexity index is 1060. The summed E-state index contributed by atoms with van der Waals surface area (Å²) in [6.45, 7) is 8.99. The molecule has 0 spiro atoms. The molecule has 3 rings (SSSR count). The number of amides is 1. The van der Waals surface area contributed by atoms with E-state index in [-0.39, 0.29) is 17.0 Å². The van der Waals surface area contributed by atoms with E-state index < -0.39 is 0 Å². The lowest BCUT2D eigenvalue weighted by Gasteiger charge is -2.33. The van der Waals surface area contributed by atoms with Gasteiger partial charge in [-0.15, -0.1) is 0 Å².